The second-order valence-electron chi connectivity index (χ2n) is 6.40. The van der Waals surface area contributed by atoms with Gasteiger partial charge in [0.2, 0.25) is 0 Å². The molecule has 1 aromatic heterocycles. The normalized spacial score (nSPS) is 10.7. The van der Waals surface area contributed by atoms with E-state index >= 15 is 0 Å². The quantitative estimate of drug-likeness (QED) is 0.519. The molecule has 0 saturated carbocycles. The van der Waals surface area contributed by atoms with Gasteiger partial charge in [0.25, 0.3) is 5.91 Å². The van der Waals surface area contributed by atoms with E-state index in [9.17, 15) is 9.18 Å². The van der Waals surface area contributed by atoms with Crippen molar-refractivity contribution >= 4 is 22.5 Å². The number of halogens is 1. The van der Waals surface area contributed by atoms with Gasteiger partial charge in [-0.3, -0.25) is 4.79 Å². The van der Waals surface area contributed by atoms with E-state index in [4.69, 9.17) is 0 Å². The largest absolute Gasteiger partial charge is 0.322 e. The Morgan fingerprint density at radius 2 is 1.67 bits per heavy atom. The molecule has 1 N–H and O–H groups in total. The van der Waals surface area contributed by atoms with E-state index in [-0.39, 0.29) is 5.91 Å². The molecule has 0 aliphatic rings. The molecule has 132 valence electrons. The van der Waals surface area contributed by atoms with Crippen LogP contribution in [-0.2, 0) is 0 Å². The van der Waals surface area contributed by atoms with Crippen LogP contribution in [-0.4, -0.2) is 10.9 Å². The van der Waals surface area contributed by atoms with Gasteiger partial charge in [0.05, 0.1) is 16.8 Å². The standard InChI is InChI=1S/C23H17FN2O/c1-15-7-10-18(11-8-15)25-23(27)20-14-22(16-5-3-2-4-6-16)26-21-12-9-17(24)13-19(20)21/h2-14H,1H3,(H,25,27). The van der Waals surface area contributed by atoms with Crippen molar-refractivity contribution in [2.75, 3.05) is 5.32 Å². The number of carbonyl (C=O) groups is 1. The number of aryl methyl sites for hydroxylation is 1. The van der Waals surface area contributed by atoms with Gasteiger partial charge in [-0.2, -0.15) is 0 Å². The highest BCUT2D eigenvalue weighted by molar-refractivity contribution is 6.13. The maximum Gasteiger partial charge on any atom is 0.256 e. The maximum absolute atomic E-state index is 13.8. The van der Waals surface area contributed by atoms with Crippen LogP contribution in [0.1, 0.15) is 15.9 Å². The average Bonchev–Trinajstić information content (AvgIpc) is 2.69. The second kappa shape index (κ2) is 7.00. The van der Waals surface area contributed by atoms with Crippen molar-refractivity contribution in [2.24, 2.45) is 0 Å². The predicted molar refractivity (Wildman–Crippen MR) is 106 cm³/mol. The summed E-state index contributed by atoms with van der Waals surface area (Å²) in [6.07, 6.45) is 0. The van der Waals surface area contributed by atoms with Gasteiger partial charge in [-0.05, 0) is 43.3 Å². The summed E-state index contributed by atoms with van der Waals surface area (Å²) in [6.45, 7) is 1.98. The van der Waals surface area contributed by atoms with E-state index in [0.29, 0.717) is 27.8 Å². The second-order valence-corrected chi connectivity index (χ2v) is 6.40. The fraction of sp³-hybridized carbons (Fsp3) is 0.0435. The van der Waals surface area contributed by atoms with Crippen LogP contribution in [0.2, 0.25) is 0 Å². The Balaban J connectivity index is 1.82. The molecule has 4 heteroatoms. The number of pyridine rings is 1. The SMILES string of the molecule is Cc1ccc(NC(=O)c2cc(-c3ccccc3)nc3ccc(F)cc23)cc1. The first kappa shape index (κ1) is 16.9. The van der Waals surface area contributed by atoms with E-state index in [1.165, 1.54) is 12.1 Å². The lowest BCUT2D eigenvalue weighted by Crippen LogP contribution is -2.13. The fourth-order valence-electron chi connectivity index (χ4n) is 2.98. The monoisotopic (exact) mass is 356 g/mol. The summed E-state index contributed by atoms with van der Waals surface area (Å²) in [4.78, 5) is 17.5. The first-order chi connectivity index (χ1) is 13.1. The molecule has 0 radical (unpaired) electrons. The summed E-state index contributed by atoms with van der Waals surface area (Å²) in [7, 11) is 0. The summed E-state index contributed by atoms with van der Waals surface area (Å²) < 4.78 is 13.8. The van der Waals surface area contributed by atoms with Gasteiger partial charge in [0.15, 0.2) is 0 Å². The number of nitrogens with zero attached hydrogens (tertiary/aromatic N) is 1. The van der Waals surface area contributed by atoms with Crippen molar-refractivity contribution in [2.45, 2.75) is 6.92 Å². The zero-order valence-corrected chi connectivity index (χ0v) is 14.7. The zero-order chi connectivity index (χ0) is 18.8. The molecule has 0 saturated heterocycles. The maximum atomic E-state index is 13.8. The van der Waals surface area contributed by atoms with Crippen molar-refractivity contribution in [1.82, 2.24) is 4.98 Å². The molecule has 4 aromatic rings. The molecule has 3 aromatic carbocycles. The first-order valence-electron chi connectivity index (χ1n) is 8.64. The van der Waals surface area contributed by atoms with Crippen LogP contribution in [0.4, 0.5) is 10.1 Å². The van der Waals surface area contributed by atoms with E-state index in [2.05, 4.69) is 10.3 Å². The molecule has 3 nitrogen and oxygen atoms in total. The highest BCUT2D eigenvalue weighted by atomic mass is 19.1. The van der Waals surface area contributed by atoms with Gasteiger partial charge < -0.3 is 5.32 Å². The van der Waals surface area contributed by atoms with Crippen molar-refractivity contribution in [3.05, 3.63) is 95.8 Å². The Hall–Kier alpha value is -3.53. The highest BCUT2D eigenvalue weighted by Gasteiger charge is 2.15. The van der Waals surface area contributed by atoms with Crippen molar-refractivity contribution < 1.29 is 9.18 Å². The summed E-state index contributed by atoms with van der Waals surface area (Å²) >= 11 is 0. The molecule has 0 atom stereocenters. The number of fused-ring (bicyclic) bond motifs is 1. The number of carbonyl (C=O) groups excluding carboxylic acids is 1. The fourth-order valence-corrected chi connectivity index (χ4v) is 2.98. The van der Waals surface area contributed by atoms with E-state index in [0.717, 1.165) is 11.1 Å². The Labute approximate surface area is 156 Å². The predicted octanol–water partition coefficient (Wildman–Crippen LogP) is 5.60. The lowest BCUT2D eigenvalue weighted by atomic mass is 10.0. The minimum Gasteiger partial charge on any atom is -0.322 e. The third-order valence-electron chi connectivity index (χ3n) is 4.39. The van der Waals surface area contributed by atoms with E-state index in [1.54, 1.807) is 12.1 Å². The summed E-state index contributed by atoms with van der Waals surface area (Å²) in [5.74, 6) is -0.699. The lowest BCUT2D eigenvalue weighted by Gasteiger charge is -2.11. The van der Waals surface area contributed by atoms with Crippen molar-refractivity contribution in [3.8, 4) is 11.3 Å². The number of nitrogens with one attached hydrogen (secondary N) is 1. The topological polar surface area (TPSA) is 42.0 Å². The van der Waals surface area contributed by atoms with Crippen molar-refractivity contribution in [1.29, 1.82) is 0 Å². The zero-order valence-electron chi connectivity index (χ0n) is 14.7. The van der Waals surface area contributed by atoms with Crippen LogP contribution < -0.4 is 5.32 Å². The molecular weight excluding hydrogens is 339 g/mol. The van der Waals surface area contributed by atoms with Crippen LogP contribution in [0.5, 0.6) is 0 Å². The summed E-state index contributed by atoms with van der Waals surface area (Å²) in [5, 5.41) is 3.37. The molecule has 0 aliphatic heterocycles. The van der Waals surface area contributed by atoms with Gasteiger partial charge >= 0.3 is 0 Å². The molecule has 0 aliphatic carbocycles. The molecule has 4 rings (SSSR count). The van der Waals surface area contributed by atoms with Gasteiger partial charge in [-0.25, -0.2) is 9.37 Å². The molecule has 0 unspecified atom stereocenters. The molecule has 1 heterocycles. The minimum absolute atomic E-state index is 0.297. The number of hydrogen-bond donors (Lipinski definition) is 1. The van der Waals surface area contributed by atoms with Crippen LogP contribution in [0.3, 0.4) is 0 Å². The number of aromatic nitrogens is 1. The lowest BCUT2D eigenvalue weighted by molar-refractivity contribution is 0.102. The first-order valence-corrected chi connectivity index (χ1v) is 8.64. The molecule has 0 fully saturated rings. The molecule has 0 bridgehead atoms. The Kier molecular flexibility index (Phi) is 4.38. The molecule has 27 heavy (non-hydrogen) atoms. The third kappa shape index (κ3) is 3.55. The molecular formula is C23H17FN2O. The Morgan fingerprint density at radius 1 is 0.926 bits per heavy atom. The molecule has 1 amide bonds. The van der Waals surface area contributed by atoms with E-state index < -0.39 is 5.82 Å². The van der Waals surface area contributed by atoms with Gasteiger partial charge in [0.1, 0.15) is 5.82 Å². The number of anilines is 1. The Morgan fingerprint density at radius 3 is 2.41 bits per heavy atom. The van der Waals surface area contributed by atoms with Gasteiger partial charge in [-0.1, -0.05) is 48.0 Å². The smallest absolute Gasteiger partial charge is 0.256 e. The highest BCUT2D eigenvalue weighted by Crippen LogP contribution is 2.26. The van der Waals surface area contributed by atoms with Gasteiger partial charge in [-0.15, -0.1) is 0 Å². The van der Waals surface area contributed by atoms with Crippen molar-refractivity contribution in [3.63, 3.8) is 0 Å². The summed E-state index contributed by atoms with van der Waals surface area (Å²) in [5.41, 5.74) is 4.33. The summed E-state index contributed by atoms with van der Waals surface area (Å²) in [6, 6.07) is 23.2. The molecule has 0 spiro atoms. The number of hydrogen-bond acceptors (Lipinski definition) is 2. The number of rotatable bonds is 3. The van der Waals surface area contributed by atoms with Crippen LogP contribution >= 0.6 is 0 Å². The van der Waals surface area contributed by atoms with Crippen LogP contribution in [0, 0.1) is 12.7 Å². The minimum atomic E-state index is -0.402. The Bertz CT molecular complexity index is 1120. The van der Waals surface area contributed by atoms with Gasteiger partial charge in [0, 0.05) is 16.6 Å². The van der Waals surface area contributed by atoms with Crippen LogP contribution in [0.25, 0.3) is 22.2 Å². The number of benzene rings is 3. The average molecular weight is 356 g/mol. The number of amides is 1. The third-order valence-corrected chi connectivity index (χ3v) is 4.39. The van der Waals surface area contributed by atoms with Crippen LogP contribution in [0.15, 0.2) is 78.9 Å². The van der Waals surface area contributed by atoms with E-state index in [1.807, 2.05) is 61.5 Å².